The Morgan fingerprint density at radius 3 is 2.93 bits per heavy atom. The molecule has 11 heteroatoms. The zero-order valence-electron chi connectivity index (χ0n) is 16.0. The molecule has 4 rings (SSSR count). The van der Waals surface area contributed by atoms with Gasteiger partial charge >= 0.3 is 0 Å². The molecule has 0 aromatic carbocycles. The number of carbonyl (C=O) groups is 2. The molecule has 2 amide bonds. The number of amides is 2. The first-order chi connectivity index (χ1) is 14.5. The van der Waals surface area contributed by atoms with Gasteiger partial charge in [0.2, 0.25) is 5.91 Å². The number of aliphatic hydroxyl groups is 1. The van der Waals surface area contributed by atoms with E-state index in [1.54, 1.807) is 22.8 Å². The van der Waals surface area contributed by atoms with Crippen LogP contribution in [0.25, 0.3) is 16.9 Å². The Balaban J connectivity index is 1.71. The minimum atomic E-state index is -1.02. The van der Waals surface area contributed by atoms with Crippen LogP contribution in [-0.2, 0) is 4.79 Å². The third-order valence-corrected chi connectivity index (χ3v) is 5.00. The molecule has 0 aliphatic carbocycles. The normalized spacial score (nSPS) is 16.6. The van der Waals surface area contributed by atoms with E-state index in [2.05, 4.69) is 20.4 Å². The number of hydrogen-bond acceptors (Lipinski definition) is 7. The van der Waals surface area contributed by atoms with Gasteiger partial charge in [0.1, 0.15) is 6.61 Å². The number of aliphatic hydroxyl groups excluding tert-OH is 1. The number of halogens is 1. The van der Waals surface area contributed by atoms with E-state index < -0.39 is 29.9 Å². The van der Waals surface area contributed by atoms with Gasteiger partial charge in [-0.2, -0.15) is 5.10 Å². The lowest BCUT2D eigenvalue weighted by atomic mass is 10.1. The van der Waals surface area contributed by atoms with E-state index >= 15 is 0 Å². The Morgan fingerprint density at radius 1 is 1.33 bits per heavy atom. The molecule has 0 bridgehead atoms. The summed E-state index contributed by atoms with van der Waals surface area (Å²) in [5, 5.41) is 16.3. The predicted molar refractivity (Wildman–Crippen MR) is 105 cm³/mol. The van der Waals surface area contributed by atoms with Crippen molar-refractivity contribution in [2.45, 2.75) is 18.9 Å². The molecule has 1 atom stereocenters. The van der Waals surface area contributed by atoms with Crippen molar-refractivity contribution in [3.05, 3.63) is 42.1 Å². The second-order valence-corrected chi connectivity index (χ2v) is 6.99. The van der Waals surface area contributed by atoms with Gasteiger partial charge in [-0.25, -0.2) is 18.9 Å². The number of anilines is 1. The summed E-state index contributed by atoms with van der Waals surface area (Å²) in [7, 11) is 0. The molecule has 3 aromatic rings. The highest BCUT2D eigenvalue weighted by Crippen LogP contribution is 2.26. The maximum atomic E-state index is 14.9. The summed E-state index contributed by atoms with van der Waals surface area (Å²) in [6, 6.07) is 5.11. The predicted octanol–water partition coefficient (Wildman–Crippen LogP) is 0.424. The average Bonchev–Trinajstić information content (AvgIpc) is 3.19. The molecule has 0 saturated carbocycles. The van der Waals surface area contributed by atoms with Gasteiger partial charge in [-0.1, -0.05) is 6.07 Å². The zero-order valence-corrected chi connectivity index (χ0v) is 16.0. The summed E-state index contributed by atoms with van der Waals surface area (Å²) in [5.41, 5.74) is 6.00. The fraction of sp³-hybridized carbons (Fsp3) is 0.316. The molecule has 0 unspecified atom stereocenters. The van der Waals surface area contributed by atoms with Crippen LogP contribution >= 0.6 is 0 Å². The first-order valence-electron chi connectivity index (χ1n) is 9.43. The number of carbonyl (C=O) groups excluding carboxylic acids is 2. The molecule has 1 saturated heterocycles. The van der Waals surface area contributed by atoms with Crippen molar-refractivity contribution in [3.63, 3.8) is 0 Å². The fourth-order valence-electron chi connectivity index (χ4n) is 3.55. The Morgan fingerprint density at radius 2 is 2.17 bits per heavy atom. The highest BCUT2D eigenvalue weighted by atomic mass is 19.1. The van der Waals surface area contributed by atoms with Crippen LogP contribution < -0.4 is 11.1 Å². The molecule has 30 heavy (non-hydrogen) atoms. The number of fused-ring (bicyclic) bond motifs is 1. The highest BCUT2D eigenvalue weighted by Gasteiger charge is 2.26. The van der Waals surface area contributed by atoms with E-state index in [-0.39, 0.29) is 24.2 Å². The van der Waals surface area contributed by atoms with Crippen LogP contribution in [-0.4, -0.2) is 67.1 Å². The summed E-state index contributed by atoms with van der Waals surface area (Å²) in [5.74, 6) is -2.43. The van der Waals surface area contributed by atoms with E-state index in [4.69, 9.17) is 10.8 Å². The molecule has 10 nitrogen and oxygen atoms in total. The van der Waals surface area contributed by atoms with Gasteiger partial charge < -0.3 is 21.1 Å². The van der Waals surface area contributed by atoms with Crippen molar-refractivity contribution in [2.24, 2.45) is 5.73 Å². The van der Waals surface area contributed by atoms with E-state index in [0.717, 1.165) is 0 Å². The SMILES string of the molecule is NC(=O)c1nc(-c2cnn3ccccc23)nc(N[C@@H]2CCCN(C(=O)CO)C2)c1F. The maximum absolute atomic E-state index is 14.9. The molecule has 0 radical (unpaired) electrons. The van der Waals surface area contributed by atoms with E-state index in [1.807, 2.05) is 6.07 Å². The molecular formula is C19H20FN7O3. The smallest absolute Gasteiger partial charge is 0.270 e. The summed E-state index contributed by atoms with van der Waals surface area (Å²) < 4.78 is 16.5. The fourth-order valence-corrected chi connectivity index (χ4v) is 3.55. The van der Waals surface area contributed by atoms with Crippen LogP contribution in [0.2, 0.25) is 0 Å². The first-order valence-corrected chi connectivity index (χ1v) is 9.43. The van der Waals surface area contributed by atoms with Gasteiger partial charge in [0, 0.05) is 25.3 Å². The van der Waals surface area contributed by atoms with Crippen molar-refractivity contribution in [1.82, 2.24) is 24.5 Å². The summed E-state index contributed by atoms with van der Waals surface area (Å²) in [6.45, 7) is 0.212. The Bertz CT molecular complexity index is 1120. The van der Waals surface area contributed by atoms with Gasteiger partial charge in [-0.15, -0.1) is 0 Å². The second kappa shape index (κ2) is 8.03. The monoisotopic (exact) mass is 413 g/mol. The molecule has 1 aliphatic rings. The van der Waals surface area contributed by atoms with Crippen LogP contribution in [0.15, 0.2) is 30.6 Å². The molecule has 4 heterocycles. The maximum Gasteiger partial charge on any atom is 0.270 e. The second-order valence-electron chi connectivity index (χ2n) is 6.99. The van der Waals surface area contributed by atoms with Crippen LogP contribution in [0.1, 0.15) is 23.3 Å². The standard InChI is InChI=1S/C19H20FN7O3/c20-15-16(17(21)30)24-18(12-8-22-27-7-2-1-5-13(12)27)25-19(15)23-11-4-3-6-26(9-11)14(29)10-28/h1-2,5,7-8,11,28H,3-4,6,9-10H2,(H2,21,30)(H,23,24,25)/t11-/m1/s1. The number of primary amides is 1. The summed E-state index contributed by atoms with van der Waals surface area (Å²) in [6.07, 6.45) is 4.61. The number of aromatic nitrogens is 4. The van der Waals surface area contributed by atoms with Gasteiger partial charge in [-0.05, 0) is 25.0 Å². The number of nitrogens with two attached hydrogens (primary N) is 1. The third kappa shape index (κ3) is 3.66. The topological polar surface area (TPSA) is 139 Å². The van der Waals surface area contributed by atoms with Crippen molar-refractivity contribution in [3.8, 4) is 11.4 Å². The Hall–Kier alpha value is -3.60. The van der Waals surface area contributed by atoms with Crippen LogP contribution in [0.3, 0.4) is 0 Å². The quantitative estimate of drug-likeness (QED) is 0.551. The minimum absolute atomic E-state index is 0.105. The molecule has 0 spiro atoms. The average molecular weight is 413 g/mol. The molecule has 4 N–H and O–H groups in total. The minimum Gasteiger partial charge on any atom is -0.387 e. The number of pyridine rings is 1. The van der Waals surface area contributed by atoms with Crippen LogP contribution in [0.4, 0.5) is 10.2 Å². The molecule has 156 valence electrons. The number of hydrogen-bond donors (Lipinski definition) is 3. The molecule has 3 aromatic heterocycles. The molecule has 1 fully saturated rings. The van der Waals surface area contributed by atoms with Gasteiger partial charge in [-0.3, -0.25) is 9.59 Å². The van der Waals surface area contributed by atoms with Crippen molar-refractivity contribution in [1.29, 1.82) is 0 Å². The van der Waals surface area contributed by atoms with Crippen molar-refractivity contribution >= 4 is 23.1 Å². The van der Waals surface area contributed by atoms with E-state index in [1.165, 1.54) is 11.1 Å². The van der Waals surface area contributed by atoms with E-state index in [0.29, 0.717) is 30.5 Å². The lowest BCUT2D eigenvalue weighted by Gasteiger charge is -2.33. The largest absolute Gasteiger partial charge is 0.387 e. The highest BCUT2D eigenvalue weighted by molar-refractivity contribution is 5.93. The summed E-state index contributed by atoms with van der Waals surface area (Å²) in [4.78, 5) is 33.4. The Kier molecular flexibility index (Phi) is 5.27. The molecular weight excluding hydrogens is 393 g/mol. The Labute approximate surface area is 170 Å². The first kappa shape index (κ1) is 19.7. The number of nitrogens with one attached hydrogen (secondary N) is 1. The van der Waals surface area contributed by atoms with Crippen LogP contribution in [0.5, 0.6) is 0 Å². The number of likely N-dealkylation sites (tertiary alicyclic amines) is 1. The number of rotatable bonds is 5. The van der Waals surface area contributed by atoms with E-state index in [9.17, 15) is 14.0 Å². The van der Waals surface area contributed by atoms with Crippen molar-refractivity contribution < 1.29 is 19.1 Å². The lowest BCUT2D eigenvalue weighted by Crippen LogP contribution is -2.46. The van der Waals surface area contributed by atoms with Gasteiger partial charge in [0.15, 0.2) is 23.2 Å². The molecule has 1 aliphatic heterocycles. The van der Waals surface area contributed by atoms with Gasteiger partial charge in [0.05, 0.1) is 17.3 Å². The van der Waals surface area contributed by atoms with Gasteiger partial charge in [0.25, 0.3) is 5.91 Å². The van der Waals surface area contributed by atoms with Crippen molar-refractivity contribution in [2.75, 3.05) is 25.0 Å². The van der Waals surface area contributed by atoms with Crippen LogP contribution in [0, 0.1) is 5.82 Å². The summed E-state index contributed by atoms with van der Waals surface area (Å²) >= 11 is 0. The zero-order chi connectivity index (χ0) is 21.3. The lowest BCUT2D eigenvalue weighted by molar-refractivity contribution is -0.135. The number of nitrogens with zero attached hydrogens (tertiary/aromatic N) is 5. The third-order valence-electron chi connectivity index (χ3n) is 5.00. The number of piperidine rings is 1.